The predicted molar refractivity (Wildman–Crippen MR) is 49.2 cm³/mol. The zero-order chi connectivity index (χ0) is 15.2. The average molecular weight is 285 g/mol. The molecule has 1 unspecified atom stereocenters. The Morgan fingerprint density at radius 3 is 1.28 bits per heavy atom. The van der Waals surface area contributed by atoms with Gasteiger partial charge in [-0.25, -0.2) is 4.39 Å². The van der Waals surface area contributed by atoms with E-state index in [0.717, 1.165) is 0 Å². The molecule has 1 radical (unpaired) electrons. The van der Waals surface area contributed by atoms with Gasteiger partial charge in [-0.3, -0.25) is 0 Å². The molecule has 0 rings (SSSR count). The van der Waals surface area contributed by atoms with E-state index in [2.05, 4.69) is 6.92 Å². The maximum atomic E-state index is 13.5. The standard InChI is InChI=1S/C10H13F8/c1-6(2,3)5-7(4,11)8(12,13)9(14,15)10(16,17)18/h4-5H2,1-3H3. The van der Waals surface area contributed by atoms with Crippen molar-refractivity contribution in [2.24, 2.45) is 5.41 Å². The second kappa shape index (κ2) is 4.23. The molecule has 0 N–H and O–H groups in total. The molecule has 0 aliphatic rings. The van der Waals surface area contributed by atoms with Crippen LogP contribution in [-0.2, 0) is 0 Å². The summed E-state index contributed by atoms with van der Waals surface area (Å²) in [5.41, 5.74) is -5.47. The third-order valence-corrected chi connectivity index (χ3v) is 2.12. The lowest BCUT2D eigenvalue weighted by atomic mass is 9.79. The molecule has 0 nitrogen and oxygen atoms in total. The molecule has 0 spiro atoms. The van der Waals surface area contributed by atoms with Crippen LogP contribution in [-0.4, -0.2) is 23.7 Å². The van der Waals surface area contributed by atoms with Gasteiger partial charge in [0.15, 0.2) is 5.67 Å². The van der Waals surface area contributed by atoms with E-state index in [4.69, 9.17) is 0 Å². The Hall–Kier alpha value is -0.560. The second-order valence-corrected chi connectivity index (χ2v) is 5.35. The van der Waals surface area contributed by atoms with Crippen LogP contribution in [0.4, 0.5) is 35.1 Å². The molecule has 8 heteroatoms. The number of hydrogen-bond acceptors (Lipinski definition) is 0. The minimum Gasteiger partial charge on any atom is -0.237 e. The van der Waals surface area contributed by atoms with E-state index in [9.17, 15) is 35.1 Å². The number of halogens is 8. The molecule has 0 aliphatic heterocycles. The Morgan fingerprint density at radius 2 is 1.06 bits per heavy atom. The molecule has 1 atom stereocenters. The summed E-state index contributed by atoms with van der Waals surface area (Å²) in [4.78, 5) is 0. The van der Waals surface area contributed by atoms with Crippen LogP contribution in [0.15, 0.2) is 0 Å². The van der Waals surface area contributed by atoms with Gasteiger partial charge in [-0.05, 0) is 18.8 Å². The van der Waals surface area contributed by atoms with E-state index in [1.54, 1.807) is 0 Å². The van der Waals surface area contributed by atoms with Crippen LogP contribution in [0.5, 0.6) is 0 Å². The van der Waals surface area contributed by atoms with E-state index >= 15 is 0 Å². The first kappa shape index (κ1) is 17.4. The predicted octanol–water partition coefficient (Wildman–Crippen LogP) is 4.80. The molecule has 18 heavy (non-hydrogen) atoms. The van der Waals surface area contributed by atoms with Gasteiger partial charge in [0.25, 0.3) is 0 Å². The maximum Gasteiger partial charge on any atom is 0.460 e. The Bertz CT molecular complexity index is 294. The second-order valence-electron chi connectivity index (χ2n) is 5.35. The molecule has 0 bridgehead atoms. The highest BCUT2D eigenvalue weighted by atomic mass is 19.4. The van der Waals surface area contributed by atoms with Crippen molar-refractivity contribution in [2.75, 3.05) is 0 Å². The van der Waals surface area contributed by atoms with Gasteiger partial charge in [0.2, 0.25) is 0 Å². The lowest BCUT2D eigenvalue weighted by Crippen LogP contribution is -2.62. The van der Waals surface area contributed by atoms with Crippen LogP contribution in [0.25, 0.3) is 0 Å². The molecule has 109 valence electrons. The highest BCUT2D eigenvalue weighted by molar-refractivity contribution is 5.08. The first-order chi connectivity index (χ1) is 7.46. The molecule has 0 fully saturated rings. The minimum atomic E-state index is -6.55. The Kier molecular flexibility index (Phi) is 4.10. The lowest BCUT2D eigenvalue weighted by Gasteiger charge is -2.39. The van der Waals surface area contributed by atoms with E-state index in [1.807, 2.05) is 0 Å². The Morgan fingerprint density at radius 1 is 0.722 bits per heavy atom. The third kappa shape index (κ3) is 3.06. The fourth-order valence-electron chi connectivity index (χ4n) is 1.41. The Balaban J connectivity index is 5.50. The monoisotopic (exact) mass is 285 g/mol. The van der Waals surface area contributed by atoms with E-state index in [1.165, 1.54) is 20.8 Å². The maximum absolute atomic E-state index is 13.5. The highest BCUT2D eigenvalue weighted by Crippen LogP contribution is 2.54. The van der Waals surface area contributed by atoms with Crippen LogP contribution in [0, 0.1) is 12.3 Å². The van der Waals surface area contributed by atoms with E-state index in [-0.39, 0.29) is 0 Å². The van der Waals surface area contributed by atoms with Crippen LogP contribution in [0.1, 0.15) is 27.2 Å². The van der Waals surface area contributed by atoms with Crippen molar-refractivity contribution < 1.29 is 35.1 Å². The van der Waals surface area contributed by atoms with Crippen molar-refractivity contribution in [2.45, 2.75) is 50.9 Å². The average Bonchev–Trinajstić information content (AvgIpc) is 1.95. The summed E-state index contributed by atoms with van der Waals surface area (Å²) in [5, 5.41) is 0. The lowest BCUT2D eigenvalue weighted by molar-refractivity contribution is -0.376. The summed E-state index contributed by atoms with van der Waals surface area (Å²) in [7, 11) is 0. The summed E-state index contributed by atoms with van der Waals surface area (Å²) in [6.07, 6.45) is -7.80. The van der Waals surface area contributed by atoms with Crippen molar-refractivity contribution >= 4 is 0 Å². The van der Waals surface area contributed by atoms with Crippen molar-refractivity contribution in [3.63, 3.8) is 0 Å². The van der Waals surface area contributed by atoms with Gasteiger partial charge in [-0.15, -0.1) is 0 Å². The molecule has 0 aromatic rings. The van der Waals surface area contributed by atoms with Gasteiger partial charge >= 0.3 is 18.0 Å². The van der Waals surface area contributed by atoms with Crippen molar-refractivity contribution in [1.82, 2.24) is 0 Å². The summed E-state index contributed by atoms with van der Waals surface area (Å²) >= 11 is 0. The molecule has 0 aliphatic carbocycles. The van der Waals surface area contributed by atoms with Gasteiger partial charge in [0.05, 0.1) is 0 Å². The Labute approximate surface area is 99.3 Å². The summed E-state index contributed by atoms with van der Waals surface area (Å²) in [6, 6.07) is 0. The smallest absolute Gasteiger partial charge is 0.237 e. The molecule has 0 heterocycles. The highest BCUT2D eigenvalue weighted by Gasteiger charge is 2.79. The van der Waals surface area contributed by atoms with Gasteiger partial charge in [-0.2, -0.15) is 30.7 Å². The SMILES string of the molecule is [CH2]C(F)(CC(C)(C)C)C(F)(F)C(F)(F)C(F)(F)F. The number of alkyl halides is 8. The normalized spacial score (nSPS) is 18.7. The van der Waals surface area contributed by atoms with Gasteiger partial charge in [0.1, 0.15) is 0 Å². The number of rotatable bonds is 3. The zero-order valence-corrected chi connectivity index (χ0v) is 9.94. The largest absolute Gasteiger partial charge is 0.460 e. The summed E-state index contributed by atoms with van der Waals surface area (Å²) in [6.45, 7) is 5.86. The molecule has 0 amide bonds. The summed E-state index contributed by atoms with van der Waals surface area (Å²) in [5.74, 6) is -12.4. The fraction of sp³-hybridized carbons (Fsp3) is 0.900. The first-order valence-corrected chi connectivity index (χ1v) is 4.82. The van der Waals surface area contributed by atoms with Crippen molar-refractivity contribution in [3.05, 3.63) is 6.92 Å². The van der Waals surface area contributed by atoms with Crippen LogP contribution >= 0.6 is 0 Å². The molecule has 0 aromatic carbocycles. The van der Waals surface area contributed by atoms with Crippen LogP contribution in [0.3, 0.4) is 0 Å². The van der Waals surface area contributed by atoms with Gasteiger partial charge < -0.3 is 0 Å². The zero-order valence-electron chi connectivity index (χ0n) is 9.94. The van der Waals surface area contributed by atoms with Crippen molar-refractivity contribution in [3.8, 4) is 0 Å². The fourth-order valence-corrected chi connectivity index (χ4v) is 1.41. The van der Waals surface area contributed by atoms with Crippen molar-refractivity contribution in [1.29, 1.82) is 0 Å². The van der Waals surface area contributed by atoms with E-state index < -0.39 is 35.5 Å². The third-order valence-electron chi connectivity index (χ3n) is 2.12. The molecular formula is C10H13F8. The molecule has 0 aromatic heterocycles. The number of hydrogen-bond donors (Lipinski definition) is 0. The van der Waals surface area contributed by atoms with Gasteiger partial charge in [-0.1, -0.05) is 20.8 Å². The van der Waals surface area contributed by atoms with Crippen LogP contribution in [0.2, 0.25) is 0 Å². The van der Waals surface area contributed by atoms with Crippen LogP contribution < -0.4 is 0 Å². The quantitative estimate of drug-likeness (QED) is 0.653. The molecule has 0 saturated heterocycles. The van der Waals surface area contributed by atoms with Gasteiger partial charge in [0, 0.05) is 0 Å². The van der Waals surface area contributed by atoms with E-state index in [0.29, 0.717) is 0 Å². The molecule has 0 saturated carbocycles. The topological polar surface area (TPSA) is 0 Å². The minimum absolute atomic E-state index is 1.22. The molecular weight excluding hydrogens is 272 g/mol. The first-order valence-electron chi connectivity index (χ1n) is 4.82. The summed E-state index contributed by atoms with van der Waals surface area (Å²) < 4.78 is 101.